The van der Waals surface area contributed by atoms with Crippen molar-refractivity contribution in [3.05, 3.63) is 77.0 Å². The van der Waals surface area contributed by atoms with E-state index < -0.39 is 0 Å². The third kappa shape index (κ3) is 1.88. The molecule has 0 aliphatic heterocycles. The van der Waals surface area contributed by atoms with Crippen molar-refractivity contribution >= 4 is 37.7 Å². The van der Waals surface area contributed by atoms with Gasteiger partial charge in [0.2, 0.25) is 0 Å². The van der Waals surface area contributed by atoms with E-state index in [1.165, 1.54) is 0 Å². The predicted molar refractivity (Wildman–Crippen MR) is 88.4 cm³/mol. The minimum atomic E-state index is -0.248. The summed E-state index contributed by atoms with van der Waals surface area (Å²) in [5, 5.41) is 2.17. The van der Waals surface area contributed by atoms with Crippen LogP contribution < -0.4 is 0 Å². The molecule has 0 saturated heterocycles. The summed E-state index contributed by atoms with van der Waals surface area (Å²) in [6.45, 7) is 0. The van der Waals surface area contributed by atoms with E-state index in [4.69, 9.17) is 0 Å². The van der Waals surface area contributed by atoms with Crippen LogP contribution >= 0.6 is 15.9 Å². The van der Waals surface area contributed by atoms with Gasteiger partial charge in [0.1, 0.15) is 5.82 Å². The fraction of sp³-hybridized carbons (Fsp3) is 0. The Kier molecular flexibility index (Phi) is 2.82. The maximum absolute atomic E-state index is 14.0. The van der Waals surface area contributed by atoms with Crippen LogP contribution in [0.15, 0.2) is 71.2 Å². The van der Waals surface area contributed by atoms with Crippen molar-refractivity contribution in [1.82, 2.24) is 4.57 Å². The zero-order chi connectivity index (χ0) is 14.4. The Hall–Kier alpha value is -2.13. The molecule has 1 aromatic heterocycles. The van der Waals surface area contributed by atoms with Crippen LogP contribution in [0.2, 0.25) is 0 Å². The number of para-hydroxylation sites is 2. The van der Waals surface area contributed by atoms with E-state index in [0.717, 1.165) is 27.5 Å². The van der Waals surface area contributed by atoms with Gasteiger partial charge in [-0.3, -0.25) is 0 Å². The van der Waals surface area contributed by atoms with Crippen molar-refractivity contribution in [2.75, 3.05) is 0 Å². The maximum atomic E-state index is 14.0. The molecular weight excluding hydrogens is 329 g/mol. The van der Waals surface area contributed by atoms with Crippen LogP contribution in [-0.4, -0.2) is 4.57 Å². The Morgan fingerprint density at radius 3 is 2.29 bits per heavy atom. The molecule has 0 N–H and O–H groups in total. The molecule has 0 bridgehead atoms. The first-order valence-corrected chi connectivity index (χ1v) is 7.48. The van der Waals surface area contributed by atoms with Crippen molar-refractivity contribution in [1.29, 1.82) is 0 Å². The highest BCUT2D eigenvalue weighted by Crippen LogP contribution is 2.34. The number of fused-ring (bicyclic) bond motifs is 3. The fourth-order valence-electron chi connectivity index (χ4n) is 2.82. The molecule has 0 aliphatic carbocycles. The Labute approximate surface area is 129 Å². The van der Waals surface area contributed by atoms with Gasteiger partial charge in [-0.15, -0.1) is 0 Å². The highest BCUT2D eigenvalue weighted by atomic mass is 79.9. The van der Waals surface area contributed by atoms with Gasteiger partial charge in [0.05, 0.1) is 15.5 Å². The molecule has 3 heteroatoms. The van der Waals surface area contributed by atoms with Crippen molar-refractivity contribution in [3.8, 4) is 5.69 Å². The maximum Gasteiger partial charge on any atom is 0.139 e. The third-order valence-electron chi connectivity index (χ3n) is 3.73. The molecule has 0 spiro atoms. The van der Waals surface area contributed by atoms with E-state index in [1.54, 1.807) is 6.07 Å². The molecule has 21 heavy (non-hydrogen) atoms. The lowest BCUT2D eigenvalue weighted by Gasteiger charge is -2.07. The van der Waals surface area contributed by atoms with Crippen molar-refractivity contribution in [2.45, 2.75) is 0 Å². The molecule has 3 aromatic carbocycles. The van der Waals surface area contributed by atoms with Gasteiger partial charge < -0.3 is 4.57 Å². The minimum absolute atomic E-state index is 0.248. The van der Waals surface area contributed by atoms with Crippen LogP contribution in [0.3, 0.4) is 0 Å². The van der Waals surface area contributed by atoms with E-state index in [2.05, 4.69) is 32.6 Å². The van der Waals surface area contributed by atoms with Crippen molar-refractivity contribution in [3.63, 3.8) is 0 Å². The molecule has 102 valence electrons. The first kappa shape index (κ1) is 12.6. The first-order valence-electron chi connectivity index (χ1n) is 6.69. The Bertz CT molecular complexity index is 957. The lowest BCUT2D eigenvalue weighted by Crippen LogP contribution is -1.93. The highest BCUT2D eigenvalue weighted by molar-refractivity contribution is 9.10. The number of halogens is 2. The monoisotopic (exact) mass is 339 g/mol. The van der Waals surface area contributed by atoms with Crippen LogP contribution in [0.1, 0.15) is 0 Å². The van der Waals surface area contributed by atoms with Crippen LogP contribution in [0.4, 0.5) is 4.39 Å². The Balaban J connectivity index is 2.24. The van der Waals surface area contributed by atoms with Crippen molar-refractivity contribution in [2.24, 2.45) is 0 Å². The molecule has 4 aromatic rings. The summed E-state index contributed by atoms with van der Waals surface area (Å²) in [7, 11) is 0. The summed E-state index contributed by atoms with van der Waals surface area (Å²) in [5.41, 5.74) is 2.99. The molecule has 1 nitrogen and oxygen atoms in total. The topological polar surface area (TPSA) is 4.93 Å². The lowest BCUT2D eigenvalue weighted by atomic mass is 10.1. The molecule has 1 heterocycles. The zero-order valence-corrected chi connectivity index (χ0v) is 12.6. The molecule has 0 saturated carbocycles. The second-order valence-corrected chi connectivity index (χ2v) is 5.83. The number of hydrogen-bond donors (Lipinski definition) is 0. The normalized spacial score (nSPS) is 11.3. The molecule has 4 rings (SSSR count). The average Bonchev–Trinajstić information content (AvgIpc) is 2.82. The molecule has 0 amide bonds. The lowest BCUT2D eigenvalue weighted by molar-refractivity contribution is 0.622. The summed E-state index contributed by atoms with van der Waals surface area (Å²) in [4.78, 5) is 0. The van der Waals surface area contributed by atoms with Crippen LogP contribution in [0.5, 0.6) is 0 Å². The number of aromatic nitrogens is 1. The average molecular weight is 340 g/mol. The summed E-state index contributed by atoms with van der Waals surface area (Å²) in [6, 6.07) is 21.6. The largest absolute Gasteiger partial charge is 0.309 e. The second kappa shape index (κ2) is 4.71. The van der Waals surface area contributed by atoms with Gasteiger partial charge in [0.15, 0.2) is 0 Å². The van der Waals surface area contributed by atoms with Crippen LogP contribution in [0.25, 0.3) is 27.5 Å². The number of benzene rings is 3. The third-order valence-corrected chi connectivity index (χ3v) is 4.34. The van der Waals surface area contributed by atoms with Gasteiger partial charge in [0, 0.05) is 16.5 Å². The second-order valence-electron chi connectivity index (χ2n) is 4.97. The van der Waals surface area contributed by atoms with E-state index in [1.807, 2.05) is 48.5 Å². The zero-order valence-electron chi connectivity index (χ0n) is 11.1. The van der Waals surface area contributed by atoms with Crippen LogP contribution in [-0.2, 0) is 0 Å². The number of rotatable bonds is 1. The fourth-order valence-corrected chi connectivity index (χ4v) is 3.16. The SMILES string of the molecule is Fc1cc2c(cc1Br)c1ccccc1n2-c1ccccc1. The minimum Gasteiger partial charge on any atom is -0.309 e. The molecule has 0 aliphatic rings. The highest BCUT2D eigenvalue weighted by Gasteiger charge is 2.14. The quantitative estimate of drug-likeness (QED) is 0.420. The molecule has 0 unspecified atom stereocenters. The predicted octanol–water partition coefficient (Wildman–Crippen LogP) is 5.69. The van der Waals surface area contributed by atoms with Crippen LogP contribution in [0, 0.1) is 5.82 Å². The van der Waals surface area contributed by atoms with Gasteiger partial charge in [-0.25, -0.2) is 4.39 Å². The Morgan fingerprint density at radius 1 is 0.762 bits per heavy atom. The smallest absolute Gasteiger partial charge is 0.139 e. The summed E-state index contributed by atoms with van der Waals surface area (Å²) >= 11 is 3.28. The molecule has 0 radical (unpaired) electrons. The summed E-state index contributed by atoms with van der Waals surface area (Å²) in [6.07, 6.45) is 0. The number of nitrogens with zero attached hydrogens (tertiary/aromatic N) is 1. The molecular formula is C18H11BrFN. The summed E-state index contributed by atoms with van der Waals surface area (Å²) < 4.78 is 16.6. The summed E-state index contributed by atoms with van der Waals surface area (Å²) in [5.74, 6) is -0.248. The van der Waals surface area contributed by atoms with E-state index in [9.17, 15) is 4.39 Å². The van der Waals surface area contributed by atoms with Crippen molar-refractivity contribution < 1.29 is 4.39 Å². The van der Waals surface area contributed by atoms with E-state index in [0.29, 0.717) is 4.47 Å². The van der Waals surface area contributed by atoms with Gasteiger partial charge in [-0.2, -0.15) is 0 Å². The van der Waals surface area contributed by atoms with Gasteiger partial charge in [0.25, 0.3) is 0 Å². The van der Waals surface area contributed by atoms with Gasteiger partial charge in [-0.05, 0) is 46.3 Å². The Morgan fingerprint density at radius 2 is 1.48 bits per heavy atom. The molecule has 0 fully saturated rings. The standard InChI is InChI=1S/C18H11BrFN/c19-15-10-14-13-8-4-5-9-17(13)21(18(14)11-16(15)20)12-6-2-1-3-7-12/h1-11H. The van der Waals surface area contributed by atoms with E-state index in [-0.39, 0.29) is 5.82 Å². The van der Waals surface area contributed by atoms with Gasteiger partial charge in [-0.1, -0.05) is 36.4 Å². The first-order chi connectivity index (χ1) is 10.3. The van der Waals surface area contributed by atoms with Gasteiger partial charge >= 0.3 is 0 Å². The van der Waals surface area contributed by atoms with E-state index >= 15 is 0 Å². The number of hydrogen-bond acceptors (Lipinski definition) is 0. The molecule has 0 atom stereocenters.